The molecule has 0 fully saturated rings. The summed E-state index contributed by atoms with van der Waals surface area (Å²) in [5.41, 5.74) is 0.754. The third-order valence-corrected chi connectivity index (χ3v) is 2.80. The lowest BCUT2D eigenvalue weighted by Crippen LogP contribution is -2.21. The molecule has 0 N–H and O–H groups in total. The second-order valence-electron chi connectivity index (χ2n) is 5.11. The van der Waals surface area contributed by atoms with Gasteiger partial charge in [0.05, 0.1) is 0 Å². The number of carbonyl (C=O) groups is 1. The number of esters is 1. The molecular weight excluding hydrogens is 250 g/mol. The Kier molecular flexibility index (Phi) is 3.26. The minimum absolute atomic E-state index is 0.285. The smallest absolute Gasteiger partial charge is 0.363 e. The maximum absolute atomic E-state index is 11.7. The van der Waals surface area contributed by atoms with E-state index in [-0.39, 0.29) is 11.1 Å². The molecular formula is C14H14ClNO2. The van der Waals surface area contributed by atoms with E-state index < -0.39 is 5.97 Å². The van der Waals surface area contributed by atoms with Crippen LogP contribution in [0.4, 0.5) is 0 Å². The van der Waals surface area contributed by atoms with Crippen molar-refractivity contribution in [2.75, 3.05) is 0 Å². The lowest BCUT2D eigenvalue weighted by molar-refractivity contribution is -0.130. The van der Waals surface area contributed by atoms with Crippen LogP contribution in [0.5, 0.6) is 0 Å². The summed E-state index contributed by atoms with van der Waals surface area (Å²) in [6.07, 6.45) is 1.64. The molecule has 94 valence electrons. The van der Waals surface area contributed by atoms with Crippen molar-refractivity contribution < 1.29 is 9.53 Å². The van der Waals surface area contributed by atoms with Crippen molar-refractivity contribution in [3.8, 4) is 0 Å². The summed E-state index contributed by atoms with van der Waals surface area (Å²) in [7, 11) is 0. The highest BCUT2D eigenvalue weighted by Crippen LogP contribution is 2.27. The van der Waals surface area contributed by atoms with Crippen molar-refractivity contribution in [2.45, 2.75) is 20.8 Å². The molecule has 0 radical (unpaired) electrons. The van der Waals surface area contributed by atoms with Gasteiger partial charge in [-0.2, -0.15) is 0 Å². The number of aliphatic imine (C=N–C) groups is 1. The van der Waals surface area contributed by atoms with Gasteiger partial charge in [-0.3, -0.25) is 0 Å². The number of halogens is 1. The fourth-order valence-electron chi connectivity index (χ4n) is 1.47. The molecule has 0 atom stereocenters. The summed E-state index contributed by atoms with van der Waals surface area (Å²) < 4.78 is 5.15. The van der Waals surface area contributed by atoms with Crippen LogP contribution in [0.25, 0.3) is 6.08 Å². The predicted molar refractivity (Wildman–Crippen MR) is 72.4 cm³/mol. The van der Waals surface area contributed by atoms with Gasteiger partial charge in [-0.15, -0.1) is 0 Å². The van der Waals surface area contributed by atoms with Crippen molar-refractivity contribution in [3.63, 3.8) is 0 Å². The van der Waals surface area contributed by atoms with Crippen LogP contribution >= 0.6 is 11.6 Å². The number of benzene rings is 1. The first-order valence-electron chi connectivity index (χ1n) is 5.65. The first-order chi connectivity index (χ1) is 8.38. The number of hydrogen-bond donors (Lipinski definition) is 0. The first-order valence-corrected chi connectivity index (χ1v) is 6.03. The van der Waals surface area contributed by atoms with Crippen LogP contribution < -0.4 is 0 Å². The highest BCUT2D eigenvalue weighted by atomic mass is 35.5. The zero-order valence-electron chi connectivity index (χ0n) is 10.5. The van der Waals surface area contributed by atoms with E-state index in [1.54, 1.807) is 12.1 Å². The van der Waals surface area contributed by atoms with E-state index in [0.717, 1.165) is 5.56 Å². The summed E-state index contributed by atoms with van der Waals surface area (Å²) in [4.78, 5) is 15.9. The van der Waals surface area contributed by atoms with Gasteiger partial charge < -0.3 is 4.74 Å². The third kappa shape index (κ3) is 2.62. The molecule has 0 saturated carbocycles. The van der Waals surface area contributed by atoms with Crippen LogP contribution in [-0.2, 0) is 9.53 Å². The molecule has 1 aromatic carbocycles. The molecule has 0 saturated heterocycles. The van der Waals surface area contributed by atoms with Gasteiger partial charge in [-0.05, 0) is 17.7 Å². The molecule has 4 heteroatoms. The molecule has 1 heterocycles. The number of rotatable bonds is 1. The number of cyclic esters (lactones) is 1. The van der Waals surface area contributed by atoms with Crippen LogP contribution in [0.1, 0.15) is 26.3 Å². The van der Waals surface area contributed by atoms with Gasteiger partial charge >= 0.3 is 5.97 Å². The van der Waals surface area contributed by atoms with Gasteiger partial charge in [-0.25, -0.2) is 9.79 Å². The van der Waals surface area contributed by atoms with Gasteiger partial charge in [0, 0.05) is 10.4 Å². The summed E-state index contributed by atoms with van der Waals surface area (Å²) in [5.74, 6) is 0.00523. The van der Waals surface area contributed by atoms with E-state index in [9.17, 15) is 4.79 Å². The standard InChI is InChI=1S/C14H14ClNO2/c1-14(2,3)13-16-11(12(17)18-13)8-9-6-4-5-7-10(9)15/h4-8H,1-3H3. The van der Waals surface area contributed by atoms with E-state index >= 15 is 0 Å². The lowest BCUT2D eigenvalue weighted by Gasteiger charge is -2.15. The predicted octanol–water partition coefficient (Wildman–Crippen LogP) is 3.68. The van der Waals surface area contributed by atoms with Crippen LogP contribution in [-0.4, -0.2) is 11.9 Å². The lowest BCUT2D eigenvalue weighted by atomic mass is 9.97. The third-order valence-electron chi connectivity index (χ3n) is 2.46. The Morgan fingerprint density at radius 2 is 1.94 bits per heavy atom. The van der Waals surface area contributed by atoms with Gasteiger partial charge in [0.1, 0.15) is 0 Å². The quantitative estimate of drug-likeness (QED) is 0.573. The van der Waals surface area contributed by atoms with Crippen molar-refractivity contribution in [2.24, 2.45) is 10.4 Å². The van der Waals surface area contributed by atoms with Gasteiger partial charge in [0.25, 0.3) is 0 Å². The van der Waals surface area contributed by atoms with Gasteiger partial charge in [0.2, 0.25) is 5.90 Å². The molecule has 1 aliphatic heterocycles. The molecule has 1 aliphatic rings. The molecule has 0 unspecified atom stereocenters. The van der Waals surface area contributed by atoms with Crippen LogP contribution in [0, 0.1) is 5.41 Å². The second kappa shape index (κ2) is 4.58. The average Bonchev–Trinajstić information content (AvgIpc) is 2.63. The fraction of sp³-hybridized carbons (Fsp3) is 0.286. The molecule has 0 bridgehead atoms. The maximum atomic E-state index is 11.7. The number of hydrogen-bond acceptors (Lipinski definition) is 3. The highest BCUT2D eigenvalue weighted by Gasteiger charge is 2.31. The van der Waals surface area contributed by atoms with Gasteiger partial charge in [0.15, 0.2) is 5.70 Å². The van der Waals surface area contributed by atoms with E-state index in [1.165, 1.54) is 0 Å². The Labute approximate surface area is 111 Å². The first kappa shape index (κ1) is 12.8. The Morgan fingerprint density at radius 1 is 1.28 bits per heavy atom. The second-order valence-corrected chi connectivity index (χ2v) is 5.51. The molecule has 0 aromatic heterocycles. The minimum Gasteiger partial charge on any atom is -0.406 e. The molecule has 2 rings (SSSR count). The topological polar surface area (TPSA) is 38.7 Å². The molecule has 0 amide bonds. The Bertz CT molecular complexity index is 553. The maximum Gasteiger partial charge on any atom is 0.363 e. The SMILES string of the molecule is CC(C)(C)C1=NC(=Cc2ccccc2Cl)C(=O)O1. The Balaban J connectivity index is 2.38. The number of nitrogens with zero attached hydrogens (tertiary/aromatic N) is 1. The van der Waals surface area contributed by atoms with Crippen LogP contribution in [0.3, 0.4) is 0 Å². The average molecular weight is 264 g/mol. The Hall–Kier alpha value is -1.61. The van der Waals surface area contributed by atoms with Crippen molar-refractivity contribution in [3.05, 3.63) is 40.5 Å². The zero-order chi connectivity index (χ0) is 13.3. The van der Waals surface area contributed by atoms with Crippen LogP contribution in [0.2, 0.25) is 5.02 Å². The van der Waals surface area contributed by atoms with E-state index in [1.807, 2.05) is 39.0 Å². The summed E-state index contributed by atoms with van der Waals surface area (Å²) in [6, 6.07) is 7.28. The Morgan fingerprint density at radius 3 is 2.50 bits per heavy atom. The summed E-state index contributed by atoms with van der Waals surface area (Å²) in [5, 5.41) is 0.581. The van der Waals surface area contributed by atoms with Crippen molar-refractivity contribution in [1.82, 2.24) is 0 Å². The van der Waals surface area contributed by atoms with E-state index in [4.69, 9.17) is 16.3 Å². The molecule has 0 spiro atoms. The van der Waals surface area contributed by atoms with Crippen molar-refractivity contribution >= 4 is 29.5 Å². The van der Waals surface area contributed by atoms with Crippen LogP contribution in [0.15, 0.2) is 35.0 Å². The molecule has 0 aliphatic carbocycles. The molecule has 18 heavy (non-hydrogen) atoms. The highest BCUT2D eigenvalue weighted by molar-refractivity contribution is 6.32. The molecule has 3 nitrogen and oxygen atoms in total. The van der Waals surface area contributed by atoms with Gasteiger partial charge in [-0.1, -0.05) is 50.6 Å². The largest absolute Gasteiger partial charge is 0.406 e. The molecule has 1 aromatic rings. The van der Waals surface area contributed by atoms with E-state index in [2.05, 4.69) is 4.99 Å². The monoisotopic (exact) mass is 263 g/mol. The number of ether oxygens (including phenoxy) is 1. The summed E-state index contributed by atoms with van der Waals surface area (Å²) in [6.45, 7) is 5.83. The fourth-order valence-corrected chi connectivity index (χ4v) is 1.66. The normalized spacial score (nSPS) is 17.9. The minimum atomic E-state index is -0.431. The number of carbonyl (C=O) groups excluding carboxylic acids is 1. The summed E-state index contributed by atoms with van der Waals surface area (Å²) >= 11 is 6.03. The zero-order valence-corrected chi connectivity index (χ0v) is 11.3. The van der Waals surface area contributed by atoms with Crippen molar-refractivity contribution in [1.29, 1.82) is 0 Å². The van der Waals surface area contributed by atoms with E-state index in [0.29, 0.717) is 10.9 Å².